The van der Waals surface area contributed by atoms with E-state index in [-0.39, 0.29) is 17.1 Å². The maximum absolute atomic E-state index is 12.4. The zero-order valence-electron chi connectivity index (χ0n) is 10.0. The zero-order valence-corrected chi connectivity index (χ0v) is 11.5. The summed E-state index contributed by atoms with van der Waals surface area (Å²) >= 11 is 11.6. The van der Waals surface area contributed by atoms with Crippen molar-refractivity contribution >= 4 is 29.1 Å². The Balaban J connectivity index is 2.21. The van der Waals surface area contributed by atoms with Crippen molar-refractivity contribution < 1.29 is 9.53 Å². The molecule has 1 aliphatic rings. The van der Waals surface area contributed by atoms with Crippen LogP contribution in [0.25, 0.3) is 0 Å². The van der Waals surface area contributed by atoms with Crippen LogP contribution in [0, 0.1) is 0 Å². The topological polar surface area (TPSA) is 42.4 Å². The Morgan fingerprint density at radius 1 is 1.61 bits per heavy atom. The lowest BCUT2D eigenvalue weighted by atomic mass is 10.1. The van der Waals surface area contributed by atoms with Gasteiger partial charge in [-0.1, -0.05) is 30.1 Å². The molecule has 1 aromatic heterocycles. The van der Waals surface area contributed by atoms with Crippen LogP contribution in [0.1, 0.15) is 23.7 Å². The van der Waals surface area contributed by atoms with E-state index in [4.69, 9.17) is 27.9 Å². The summed E-state index contributed by atoms with van der Waals surface area (Å²) in [5.41, 5.74) is 0.463. The van der Waals surface area contributed by atoms with Gasteiger partial charge in [0.25, 0.3) is 5.91 Å². The van der Waals surface area contributed by atoms with Gasteiger partial charge in [0.2, 0.25) is 0 Å². The van der Waals surface area contributed by atoms with E-state index in [0.29, 0.717) is 30.3 Å². The fourth-order valence-electron chi connectivity index (χ4n) is 1.96. The lowest BCUT2D eigenvalue weighted by Crippen LogP contribution is -2.48. The smallest absolute Gasteiger partial charge is 0.255 e. The van der Waals surface area contributed by atoms with E-state index in [0.717, 1.165) is 6.42 Å². The molecule has 6 heteroatoms. The molecule has 1 fully saturated rings. The first-order valence-electron chi connectivity index (χ1n) is 5.83. The Bertz CT molecular complexity index is 454. The highest BCUT2D eigenvalue weighted by Gasteiger charge is 2.27. The normalized spacial score (nSPS) is 19.9. The Labute approximate surface area is 116 Å². The number of carbonyl (C=O) groups excluding carboxylic acids is 1. The van der Waals surface area contributed by atoms with Gasteiger partial charge >= 0.3 is 0 Å². The highest BCUT2D eigenvalue weighted by Crippen LogP contribution is 2.22. The highest BCUT2D eigenvalue weighted by molar-refractivity contribution is 6.41. The number of amides is 1. The Morgan fingerprint density at radius 3 is 3.06 bits per heavy atom. The molecular weight excluding hydrogens is 275 g/mol. The Morgan fingerprint density at radius 2 is 2.39 bits per heavy atom. The number of nitrogens with zero attached hydrogens (tertiary/aromatic N) is 2. The molecule has 1 unspecified atom stereocenters. The maximum atomic E-state index is 12.4. The second-order valence-electron chi connectivity index (χ2n) is 4.13. The molecule has 0 N–H and O–H groups in total. The number of pyridine rings is 1. The van der Waals surface area contributed by atoms with Gasteiger partial charge in [-0.25, -0.2) is 4.98 Å². The van der Waals surface area contributed by atoms with E-state index in [1.807, 2.05) is 11.8 Å². The molecule has 1 amide bonds. The number of hydrogen-bond acceptors (Lipinski definition) is 3. The molecule has 0 radical (unpaired) electrons. The second-order valence-corrected chi connectivity index (χ2v) is 4.90. The predicted octanol–water partition coefficient (Wildman–Crippen LogP) is 2.64. The minimum atomic E-state index is -0.0729. The summed E-state index contributed by atoms with van der Waals surface area (Å²) in [5, 5.41) is 0.506. The highest BCUT2D eigenvalue weighted by atomic mass is 35.5. The number of rotatable bonds is 2. The van der Waals surface area contributed by atoms with Crippen molar-refractivity contribution in [3.63, 3.8) is 0 Å². The standard InChI is InChI=1S/C12H14Cl2N2O2/c1-2-9-7-18-4-3-16(9)12(17)8-5-10(13)11(14)15-6-8/h5-6,9H,2-4,7H2,1H3. The lowest BCUT2D eigenvalue weighted by molar-refractivity contribution is -0.00281. The molecule has 0 saturated carbocycles. The second kappa shape index (κ2) is 5.87. The molecule has 0 bridgehead atoms. The van der Waals surface area contributed by atoms with Crippen molar-refractivity contribution in [3.8, 4) is 0 Å². The third-order valence-corrected chi connectivity index (χ3v) is 3.69. The van der Waals surface area contributed by atoms with Gasteiger partial charge in [0.1, 0.15) is 5.15 Å². The van der Waals surface area contributed by atoms with Gasteiger partial charge in [-0.05, 0) is 12.5 Å². The van der Waals surface area contributed by atoms with Crippen LogP contribution in [0.2, 0.25) is 10.2 Å². The molecule has 1 aromatic rings. The summed E-state index contributed by atoms with van der Waals surface area (Å²) < 4.78 is 5.38. The summed E-state index contributed by atoms with van der Waals surface area (Å²) in [4.78, 5) is 18.1. The zero-order chi connectivity index (χ0) is 13.1. The van der Waals surface area contributed by atoms with Crippen molar-refractivity contribution in [2.24, 2.45) is 0 Å². The van der Waals surface area contributed by atoms with Gasteiger partial charge in [-0.2, -0.15) is 0 Å². The van der Waals surface area contributed by atoms with Gasteiger partial charge in [0.05, 0.1) is 29.8 Å². The van der Waals surface area contributed by atoms with Crippen LogP contribution >= 0.6 is 23.2 Å². The predicted molar refractivity (Wildman–Crippen MR) is 70.2 cm³/mol. The first-order chi connectivity index (χ1) is 8.63. The number of ether oxygens (including phenoxy) is 1. The molecule has 4 nitrogen and oxygen atoms in total. The minimum Gasteiger partial charge on any atom is -0.377 e. The molecule has 0 spiro atoms. The molecule has 0 aromatic carbocycles. The van der Waals surface area contributed by atoms with E-state index >= 15 is 0 Å². The average Bonchev–Trinajstić information content (AvgIpc) is 2.41. The molecule has 2 rings (SSSR count). The van der Waals surface area contributed by atoms with Crippen molar-refractivity contribution in [2.45, 2.75) is 19.4 Å². The van der Waals surface area contributed by atoms with Gasteiger partial charge in [-0.3, -0.25) is 4.79 Å². The third kappa shape index (κ3) is 2.76. The van der Waals surface area contributed by atoms with E-state index < -0.39 is 0 Å². The van der Waals surface area contributed by atoms with E-state index in [2.05, 4.69) is 4.98 Å². The largest absolute Gasteiger partial charge is 0.377 e. The van der Waals surface area contributed by atoms with Crippen LogP contribution in [0.3, 0.4) is 0 Å². The fourth-order valence-corrected chi connectivity index (χ4v) is 2.23. The first-order valence-corrected chi connectivity index (χ1v) is 6.58. The number of hydrogen-bond donors (Lipinski definition) is 0. The molecular formula is C12H14Cl2N2O2. The summed E-state index contributed by atoms with van der Waals surface area (Å²) in [7, 11) is 0. The van der Waals surface area contributed by atoms with E-state index in [1.54, 1.807) is 6.07 Å². The monoisotopic (exact) mass is 288 g/mol. The van der Waals surface area contributed by atoms with Gasteiger partial charge < -0.3 is 9.64 Å². The van der Waals surface area contributed by atoms with Crippen LogP contribution in [0.5, 0.6) is 0 Å². The quantitative estimate of drug-likeness (QED) is 0.786. The summed E-state index contributed by atoms with van der Waals surface area (Å²) in [6.07, 6.45) is 2.32. The summed E-state index contributed by atoms with van der Waals surface area (Å²) in [5.74, 6) is -0.0729. The lowest BCUT2D eigenvalue weighted by Gasteiger charge is -2.35. The Hall–Kier alpha value is -0.840. The van der Waals surface area contributed by atoms with Crippen molar-refractivity contribution in [1.82, 2.24) is 9.88 Å². The maximum Gasteiger partial charge on any atom is 0.255 e. The molecule has 0 aliphatic carbocycles. The fraction of sp³-hybridized carbons (Fsp3) is 0.500. The minimum absolute atomic E-state index is 0.0729. The molecule has 1 aliphatic heterocycles. The van der Waals surface area contributed by atoms with Gasteiger partial charge in [-0.15, -0.1) is 0 Å². The average molecular weight is 289 g/mol. The van der Waals surface area contributed by atoms with Crippen LogP contribution in [0.15, 0.2) is 12.3 Å². The van der Waals surface area contributed by atoms with E-state index in [9.17, 15) is 4.79 Å². The SMILES string of the molecule is CCC1COCCN1C(=O)c1cnc(Cl)c(Cl)c1. The van der Waals surface area contributed by atoms with Crippen molar-refractivity contribution in [2.75, 3.05) is 19.8 Å². The number of carbonyl (C=O) groups is 1. The number of aromatic nitrogens is 1. The molecule has 1 atom stereocenters. The molecule has 98 valence electrons. The molecule has 18 heavy (non-hydrogen) atoms. The van der Waals surface area contributed by atoms with Crippen molar-refractivity contribution in [3.05, 3.63) is 28.0 Å². The Kier molecular flexibility index (Phi) is 4.43. The van der Waals surface area contributed by atoms with E-state index in [1.165, 1.54) is 6.20 Å². The first kappa shape index (κ1) is 13.6. The van der Waals surface area contributed by atoms with Crippen molar-refractivity contribution in [1.29, 1.82) is 0 Å². The molecule has 2 heterocycles. The third-order valence-electron chi connectivity index (χ3n) is 3.00. The molecule has 1 saturated heterocycles. The van der Waals surface area contributed by atoms with Crippen LogP contribution in [-0.4, -0.2) is 41.6 Å². The summed E-state index contributed by atoms with van der Waals surface area (Å²) in [6.45, 7) is 3.78. The number of morpholine rings is 1. The number of halogens is 2. The summed E-state index contributed by atoms with van der Waals surface area (Å²) in [6, 6.07) is 1.67. The van der Waals surface area contributed by atoms with Crippen LogP contribution in [-0.2, 0) is 4.74 Å². The van der Waals surface area contributed by atoms with Gasteiger partial charge in [0, 0.05) is 12.7 Å². The van der Waals surface area contributed by atoms with Crippen LogP contribution in [0.4, 0.5) is 0 Å². The van der Waals surface area contributed by atoms with Crippen LogP contribution < -0.4 is 0 Å². The van der Waals surface area contributed by atoms with Gasteiger partial charge in [0.15, 0.2) is 0 Å².